The molecule has 1 aliphatic heterocycles. The van der Waals surface area contributed by atoms with Gasteiger partial charge in [-0.2, -0.15) is 0 Å². The minimum Gasteiger partial charge on any atom is -0.325 e. The number of benzene rings is 1. The van der Waals surface area contributed by atoms with E-state index in [1.165, 1.54) is 18.4 Å². The highest BCUT2D eigenvalue weighted by atomic mass is 79.9. The number of anilines is 1. The lowest BCUT2D eigenvalue weighted by Gasteiger charge is -2.18. The molecule has 1 aromatic carbocycles. The fraction of sp³-hybridized carbons (Fsp3) is 0.533. The van der Waals surface area contributed by atoms with Gasteiger partial charge in [-0.25, -0.2) is 0 Å². The van der Waals surface area contributed by atoms with E-state index in [0.717, 1.165) is 31.7 Å². The van der Waals surface area contributed by atoms with Crippen LogP contribution in [0.15, 0.2) is 24.3 Å². The molecule has 1 atom stereocenters. The van der Waals surface area contributed by atoms with Crippen molar-refractivity contribution < 1.29 is 4.79 Å². The van der Waals surface area contributed by atoms with Crippen LogP contribution in [0.25, 0.3) is 0 Å². The summed E-state index contributed by atoms with van der Waals surface area (Å²) in [5.41, 5.74) is 2.14. The van der Waals surface area contributed by atoms with E-state index in [0.29, 0.717) is 0 Å². The first-order valence-corrected chi connectivity index (χ1v) is 7.87. The maximum atomic E-state index is 12.0. The van der Waals surface area contributed by atoms with Crippen molar-refractivity contribution in [2.24, 2.45) is 0 Å². The van der Waals surface area contributed by atoms with Gasteiger partial charge in [-0.15, -0.1) is 0 Å². The molecule has 1 fully saturated rings. The Morgan fingerprint density at radius 3 is 2.74 bits per heavy atom. The number of rotatable bonds is 5. The van der Waals surface area contributed by atoms with Crippen LogP contribution < -0.4 is 5.32 Å². The molecule has 104 valence electrons. The summed E-state index contributed by atoms with van der Waals surface area (Å²) >= 11 is 3.39. The number of amides is 1. The molecular weight excluding hydrogens is 304 g/mol. The van der Waals surface area contributed by atoms with Gasteiger partial charge in [0.1, 0.15) is 0 Å². The van der Waals surface area contributed by atoms with Crippen molar-refractivity contribution in [3.63, 3.8) is 0 Å². The van der Waals surface area contributed by atoms with Crippen LogP contribution in [0, 0.1) is 0 Å². The number of nitrogens with one attached hydrogen (secondary N) is 1. The van der Waals surface area contributed by atoms with Crippen LogP contribution >= 0.6 is 15.9 Å². The van der Waals surface area contributed by atoms with E-state index in [2.05, 4.69) is 32.2 Å². The summed E-state index contributed by atoms with van der Waals surface area (Å²) in [5, 5.41) is 3.02. The minimum absolute atomic E-state index is 0.0383. The molecule has 1 unspecified atom stereocenters. The van der Waals surface area contributed by atoms with Crippen LogP contribution in [-0.4, -0.2) is 28.7 Å². The van der Waals surface area contributed by atoms with Gasteiger partial charge in [0, 0.05) is 12.2 Å². The molecule has 2 rings (SSSR count). The normalized spacial score (nSPS) is 17.4. The lowest BCUT2D eigenvalue weighted by atomic mass is 10.1. The molecule has 0 radical (unpaired) electrons. The zero-order valence-corrected chi connectivity index (χ0v) is 12.9. The zero-order chi connectivity index (χ0) is 13.7. The maximum Gasteiger partial charge on any atom is 0.238 e. The highest BCUT2D eigenvalue weighted by Crippen LogP contribution is 2.21. The Balaban J connectivity index is 2.05. The van der Waals surface area contributed by atoms with Crippen molar-refractivity contribution in [2.45, 2.75) is 37.6 Å². The van der Waals surface area contributed by atoms with Gasteiger partial charge in [-0.3, -0.25) is 9.69 Å². The SMILES string of the molecule is CCC(Br)C(=O)Nc1ccccc1CN1CCCC1. The standard InChI is InChI=1S/C15H21BrN2O/c1-2-13(16)15(19)17-14-8-4-3-7-12(14)11-18-9-5-6-10-18/h3-4,7-8,13H,2,5-6,9-11H2,1H3,(H,17,19). The van der Waals surface area contributed by atoms with Gasteiger partial charge in [0.15, 0.2) is 0 Å². The topological polar surface area (TPSA) is 32.3 Å². The largest absolute Gasteiger partial charge is 0.325 e. The number of para-hydroxylation sites is 1. The summed E-state index contributed by atoms with van der Waals surface area (Å²) in [7, 11) is 0. The molecule has 1 aliphatic rings. The number of nitrogens with zero attached hydrogens (tertiary/aromatic N) is 1. The second kappa shape index (κ2) is 7.06. The van der Waals surface area contributed by atoms with Crippen LogP contribution in [-0.2, 0) is 11.3 Å². The second-order valence-corrected chi connectivity index (χ2v) is 6.11. The van der Waals surface area contributed by atoms with Crippen molar-refractivity contribution in [3.05, 3.63) is 29.8 Å². The van der Waals surface area contributed by atoms with Gasteiger partial charge in [0.05, 0.1) is 4.83 Å². The molecule has 1 aromatic rings. The fourth-order valence-electron chi connectivity index (χ4n) is 2.36. The minimum atomic E-state index is -0.118. The maximum absolute atomic E-state index is 12.0. The number of halogens is 1. The molecule has 1 saturated heterocycles. The van der Waals surface area contributed by atoms with Crippen LogP contribution in [0.5, 0.6) is 0 Å². The molecule has 3 nitrogen and oxygen atoms in total. The first-order chi connectivity index (χ1) is 9.20. The number of carbonyl (C=O) groups is 1. The van der Waals surface area contributed by atoms with Crippen molar-refractivity contribution in [3.8, 4) is 0 Å². The van der Waals surface area contributed by atoms with E-state index in [4.69, 9.17) is 0 Å². The predicted octanol–water partition coefficient (Wildman–Crippen LogP) is 3.39. The van der Waals surface area contributed by atoms with Crippen LogP contribution in [0.2, 0.25) is 0 Å². The third-order valence-corrected chi connectivity index (χ3v) is 4.57. The van der Waals surface area contributed by atoms with Crippen molar-refractivity contribution in [1.29, 1.82) is 0 Å². The fourth-order valence-corrected chi connectivity index (χ4v) is 2.47. The average molecular weight is 325 g/mol. The molecule has 0 saturated carbocycles. The van der Waals surface area contributed by atoms with Gasteiger partial charge < -0.3 is 5.32 Å². The van der Waals surface area contributed by atoms with Gasteiger partial charge >= 0.3 is 0 Å². The smallest absolute Gasteiger partial charge is 0.238 e. The number of alkyl halides is 1. The highest BCUT2D eigenvalue weighted by molar-refractivity contribution is 9.10. The molecule has 19 heavy (non-hydrogen) atoms. The van der Waals surface area contributed by atoms with Crippen LogP contribution in [0.1, 0.15) is 31.7 Å². The van der Waals surface area contributed by atoms with Gasteiger partial charge in [-0.1, -0.05) is 41.1 Å². The first kappa shape index (κ1) is 14.5. The number of likely N-dealkylation sites (tertiary alicyclic amines) is 1. The molecule has 0 spiro atoms. The zero-order valence-electron chi connectivity index (χ0n) is 11.4. The summed E-state index contributed by atoms with van der Waals surface area (Å²) in [6.07, 6.45) is 3.36. The second-order valence-electron chi connectivity index (χ2n) is 5.01. The van der Waals surface area contributed by atoms with Crippen molar-refractivity contribution in [1.82, 2.24) is 4.90 Å². The summed E-state index contributed by atoms with van der Waals surface area (Å²) in [6.45, 7) is 5.25. The van der Waals surface area contributed by atoms with Crippen molar-refractivity contribution in [2.75, 3.05) is 18.4 Å². The highest BCUT2D eigenvalue weighted by Gasteiger charge is 2.16. The summed E-state index contributed by atoms with van der Waals surface area (Å²) in [5.74, 6) is 0.0383. The summed E-state index contributed by atoms with van der Waals surface area (Å²) in [4.78, 5) is 14.3. The Bertz CT molecular complexity index is 430. The molecule has 1 amide bonds. The molecule has 0 aliphatic carbocycles. The third-order valence-electron chi connectivity index (χ3n) is 3.51. The van der Waals surface area contributed by atoms with Gasteiger partial charge in [0.25, 0.3) is 0 Å². The Hall–Kier alpha value is -0.870. The number of hydrogen-bond donors (Lipinski definition) is 1. The lowest BCUT2D eigenvalue weighted by Crippen LogP contribution is -2.24. The molecular formula is C15H21BrN2O. The average Bonchev–Trinajstić information content (AvgIpc) is 2.93. The number of carbonyl (C=O) groups excluding carboxylic acids is 1. The van der Waals surface area contributed by atoms with Gasteiger partial charge in [-0.05, 0) is 44.0 Å². The van der Waals surface area contributed by atoms with Gasteiger partial charge in [0.2, 0.25) is 5.91 Å². The monoisotopic (exact) mass is 324 g/mol. The number of hydrogen-bond acceptors (Lipinski definition) is 2. The van der Waals surface area contributed by atoms with E-state index in [9.17, 15) is 4.79 Å². The Morgan fingerprint density at radius 1 is 1.37 bits per heavy atom. The van der Waals surface area contributed by atoms with Crippen LogP contribution in [0.3, 0.4) is 0 Å². The molecule has 0 aromatic heterocycles. The molecule has 0 bridgehead atoms. The quantitative estimate of drug-likeness (QED) is 0.842. The van der Waals surface area contributed by atoms with E-state index >= 15 is 0 Å². The molecule has 1 N–H and O–H groups in total. The lowest BCUT2D eigenvalue weighted by molar-refractivity contribution is -0.115. The Morgan fingerprint density at radius 2 is 2.05 bits per heavy atom. The third kappa shape index (κ3) is 4.05. The van der Waals surface area contributed by atoms with E-state index in [-0.39, 0.29) is 10.7 Å². The summed E-state index contributed by atoms with van der Waals surface area (Å²) in [6, 6.07) is 8.09. The summed E-state index contributed by atoms with van der Waals surface area (Å²) < 4.78 is 0. The predicted molar refractivity (Wildman–Crippen MR) is 82.6 cm³/mol. The Labute approximate surface area is 123 Å². The molecule has 1 heterocycles. The molecule has 4 heteroatoms. The first-order valence-electron chi connectivity index (χ1n) is 6.96. The van der Waals surface area contributed by atoms with E-state index in [1.807, 2.05) is 25.1 Å². The van der Waals surface area contributed by atoms with Crippen LogP contribution in [0.4, 0.5) is 5.69 Å². The van der Waals surface area contributed by atoms with E-state index in [1.54, 1.807) is 0 Å². The Kier molecular flexibility index (Phi) is 5.40. The van der Waals surface area contributed by atoms with E-state index < -0.39 is 0 Å². The van der Waals surface area contributed by atoms with Crippen molar-refractivity contribution >= 4 is 27.5 Å².